The molecule has 0 aromatic heterocycles. The molecule has 6 nitrogen and oxygen atoms in total. The molecule has 0 heterocycles. The van der Waals surface area contributed by atoms with Gasteiger partial charge in [-0.25, -0.2) is 0 Å². The molecule has 9 heteroatoms. The van der Waals surface area contributed by atoms with Crippen LogP contribution in [0, 0.1) is 5.92 Å². The van der Waals surface area contributed by atoms with Gasteiger partial charge >= 0.3 is 5.97 Å². The van der Waals surface area contributed by atoms with E-state index in [1.807, 2.05) is 13.2 Å². The summed E-state index contributed by atoms with van der Waals surface area (Å²) in [5.41, 5.74) is 0. The Balaban J connectivity index is -0.000000159. The molecule has 1 radical (unpaired) electrons. The first-order valence-corrected chi connectivity index (χ1v) is 12.1. The second-order valence-corrected chi connectivity index (χ2v) is 8.15. The summed E-state index contributed by atoms with van der Waals surface area (Å²) in [4.78, 5) is 41.5. The van der Waals surface area contributed by atoms with Crippen molar-refractivity contribution >= 4 is 46.8 Å². The third-order valence-corrected chi connectivity index (χ3v) is 5.02. The Bertz CT molecular complexity index is 407. The molecule has 29 heavy (non-hydrogen) atoms. The van der Waals surface area contributed by atoms with Gasteiger partial charge in [-0.15, -0.1) is 0 Å². The van der Waals surface area contributed by atoms with Crippen molar-refractivity contribution in [3.05, 3.63) is 0 Å². The molecule has 0 saturated carbocycles. The van der Waals surface area contributed by atoms with E-state index in [-0.39, 0.29) is 75.0 Å². The summed E-state index contributed by atoms with van der Waals surface area (Å²) in [5, 5.41) is 9.41. The first-order chi connectivity index (χ1) is 13.0. The molecule has 1 N–H and O–H groups in total. The topological polar surface area (TPSA) is 97.7 Å². The van der Waals surface area contributed by atoms with Gasteiger partial charge in [0.25, 0.3) is 0 Å². The monoisotopic (exact) mass is 527 g/mol. The Morgan fingerprint density at radius 2 is 1.34 bits per heavy atom. The van der Waals surface area contributed by atoms with Crippen molar-refractivity contribution in [2.24, 2.45) is 5.92 Å². The van der Waals surface area contributed by atoms with Gasteiger partial charge in [-0.1, -0.05) is 13.8 Å². The van der Waals surface area contributed by atoms with E-state index >= 15 is 0 Å². The van der Waals surface area contributed by atoms with Crippen LogP contribution in [-0.4, -0.2) is 65.7 Å². The Morgan fingerprint density at radius 1 is 0.897 bits per heavy atom. The minimum atomic E-state index is -0.329. The number of aliphatic hydroxyl groups excluding tert-OH is 1. The SMILES string of the molecule is CCC(=O)CCC(C)=O.COC(=O)CCC(C)=O.CSCC(C)C(O)CSC.[Y]. The molecule has 0 aliphatic rings. The first-order valence-electron chi connectivity index (χ1n) is 9.28. The summed E-state index contributed by atoms with van der Waals surface area (Å²) in [7, 11) is 1.31. The van der Waals surface area contributed by atoms with Crippen LogP contribution in [0.15, 0.2) is 0 Å². The normalized spacial score (nSPS) is 11.3. The van der Waals surface area contributed by atoms with E-state index in [0.717, 1.165) is 11.5 Å². The molecule has 0 rings (SSSR count). The number of Topliss-reactive ketones (excluding diaryl/α,β-unsaturated/α-hetero) is 3. The van der Waals surface area contributed by atoms with Crippen molar-refractivity contribution < 1.29 is 61.7 Å². The number of methoxy groups -OCH3 is 1. The number of carbonyl (C=O) groups excluding carboxylic acids is 4. The molecular formula is C20H38O6S2Y. The van der Waals surface area contributed by atoms with Crippen LogP contribution in [0.4, 0.5) is 0 Å². The van der Waals surface area contributed by atoms with E-state index in [4.69, 9.17) is 0 Å². The molecule has 0 bridgehead atoms. The zero-order valence-electron chi connectivity index (χ0n) is 19.0. The van der Waals surface area contributed by atoms with Gasteiger partial charge in [0, 0.05) is 64.1 Å². The van der Waals surface area contributed by atoms with Gasteiger partial charge < -0.3 is 19.4 Å². The quantitative estimate of drug-likeness (QED) is 0.385. The van der Waals surface area contributed by atoms with Crippen LogP contribution < -0.4 is 0 Å². The van der Waals surface area contributed by atoms with Gasteiger partial charge in [-0.2, -0.15) is 23.5 Å². The van der Waals surface area contributed by atoms with Crippen LogP contribution >= 0.6 is 23.5 Å². The van der Waals surface area contributed by atoms with Crippen molar-refractivity contribution in [3.8, 4) is 0 Å². The average Bonchev–Trinajstić information content (AvgIpc) is 2.65. The van der Waals surface area contributed by atoms with E-state index in [0.29, 0.717) is 25.2 Å². The van der Waals surface area contributed by atoms with Crippen molar-refractivity contribution in [1.29, 1.82) is 0 Å². The van der Waals surface area contributed by atoms with Crippen LogP contribution in [0.3, 0.4) is 0 Å². The number of ether oxygens (including phenoxy) is 1. The van der Waals surface area contributed by atoms with Crippen molar-refractivity contribution in [2.75, 3.05) is 31.1 Å². The molecule has 0 aliphatic heterocycles. The molecule has 0 aromatic rings. The molecule has 2 atom stereocenters. The van der Waals surface area contributed by atoms with Gasteiger partial charge in [0.2, 0.25) is 0 Å². The van der Waals surface area contributed by atoms with Gasteiger partial charge in [0.15, 0.2) is 0 Å². The summed E-state index contributed by atoms with van der Waals surface area (Å²) < 4.78 is 4.31. The standard InChI is InChI=1S/C7H12O2.C7H16OS2.C6H10O3.Y/c1-3-7(9)5-4-6(2)8;1-6(4-9-2)7(8)5-10-3;1-5(7)3-4-6(8)9-2;/h3-5H2,1-2H3;6-8H,4-5H2,1-3H3;3-4H2,1-2H3;. The maximum Gasteiger partial charge on any atom is 0.305 e. The number of hydrogen-bond donors (Lipinski definition) is 1. The van der Waals surface area contributed by atoms with Crippen molar-refractivity contribution in [3.63, 3.8) is 0 Å². The second-order valence-electron chi connectivity index (χ2n) is 6.33. The number of hydrogen-bond acceptors (Lipinski definition) is 8. The van der Waals surface area contributed by atoms with Gasteiger partial charge in [-0.05, 0) is 38.0 Å². The zero-order valence-corrected chi connectivity index (χ0v) is 23.5. The van der Waals surface area contributed by atoms with E-state index in [1.54, 1.807) is 23.5 Å². The van der Waals surface area contributed by atoms with Crippen LogP contribution in [0.25, 0.3) is 0 Å². The summed E-state index contributed by atoms with van der Waals surface area (Å²) in [5.74, 6) is 2.30. The summed E-state index contributed by atoms with van der Waals surface area (Å²) in [6.07, 6.45) is 5.84. The van der Waals surface area contributed by atoms with Crippen LogP contribution in [0.1, 0.15) is 59.8 Å². The predicted molar refractivity (Wildman–Crippen MR) is 119 cm³/mol. The summed E-state index contributed by atoms with van der Waals surface area (Å²) in [6.45, 7) is 6.85. The second kappa shape index (κ2) is 26.3. The predicted octanol–water partition coefficient (Wildman–Crippen LogP) is 3.57. The van der Waals surface area contributed by atoms with Crippen molar-refractivity contribution in [2.45, 2.75) is 65.9 Å². The molecule has 0 aromatic carbocycles. The van der Waals surface area contributed by atoms with E-state index in [9.17, 15) is 24.3 Å². The Hall–Kier alpha value is 0.244. The van der Waals surface area contributed by atoms with Crippen LogP contribution in [0.5, 0.6) is 0 Å². The number of rotatable bonds is 12. The molecule has 0 aliphatic carbocycles. The minimum absolute atomic E-state index is 0. The third-order valence-electron chi connectivity index (χ3n) is 3.48. The Kier molecular flexibility index (Phi) is 33.2. The number of aliphatic hydroxyl groups is 1. The first kappa shape index (κ1) is 36.6. The van der Waals surface area contributed by atoms with Crippen LogP contribution in [0.2, 0.25) is 0 Å². The maximum absolute atomic E-state index is 10.6. The smallest absolute Gasteiger partial charge is 0.305 e. The zero-order chi connectivity index (χ0) is 22.5. The van der Waals surface area contributed by atoms with Gasteiger partial charge in [-0.3, -0.25) is 9.59 Å². The minimum Gasteiger partial charge on any atom is -0.469 e. The molecule has 169 valence electrons. The Morgan fingerprint density at radius 3 is 1.69 bits per heavy atom. The fraction of sp³-hybridized carbons (Fsp3) is 0.800. The van der Waals surface area contributed by atoms with E-state index in [2.05, 4.69) is 17.9 Å². The third kappa shape index (κ3) is 33.1. The largest absolute Gasteiger partial charge is 0.469 e. The van der Waals surface area contributed by atoms with Crippen molar-refractivity contribution in [1.82, 2.24) is 0 Å². The van der Waals surface area contributed by atoms with Gasteiger partial charge in [0.1, 0.15) is 17.3 Å². The molecule has 0 amide bonds. The Labute approximate surface area is 210 Å². The summed E-state index contributed by atoms with van der Waals surface area (Å²) >= 11 is 3.50. The van der Waals surface area contributed by atoms with E-state index in [1.165, 1.54) is 21.0 Å². The average molecular weight is 528 g/mol. The maximum atomic E-state index is 10.6. The molecule has 2 unspecified atom stereocenters. The number of esters is 1. The molecule has 0 saturated heterocycles. The fourth-order valence-electron chi connectivity index (χ4n) is 1.58. The van der Waals surface area contributed by atoms with Crippen LogP contribution in [-0.2, 0) is 56.6 Å². The molecule has 0 fully saturated rings. The number of thioether (sulfide) groups is 2. The van der Waals surface area contributed by atoms with E-state index < -0.39 is 0 Å². The molecule has 0 spiro atoms. The van der Waals surface area contributed by atoms with Gasteiger partial charge in [0.05, 0.1) is 19.6 Å². The molecular weight excluding hydrogens is 489 g/mol. The summed E-state index contributed by atoms with van der Waals surface area (Å²) in [6, 6.07) is 0. The fourth-order valence-corrected chi connectivity index (χ4v) is 3.00. The number of ketones is 3. The number of carbonyl (C=O) groups is 4.